The van der Waals surface area contributed by atoms with E-state index < -0.39 is 0 Å². The van der Waals surface area contributed by atoms with E-state index >= 15 is 0 Å². The van der Waals surface area contributed by atoms with E-state index in [1.54, 1.807) is 41.5 Å². The molecule has 0 rings (SSSR count). The van der Waals surface area contributed by atoms with Crippen LogP contribution in [0, 0.1) is 0 Å². The third-order valence-electron chi connectivity index (χ3n) is 0. The summed E-state index contributed by atoms with van der Waals surface area (Å²) in [6.07, 6.45) is 0. The van der Waals surface area contributed by atoms with Crippen LogP contribution in [0.5, 0.6) is 0 Å². The Morgan fingerprint density at radius 2 is 0.550 bits per heavy atom. The molecule has 0 bridgehead atoms. The molecular weight excluding hydrogens is 460 g/mol. The Morgan fingerprint density at radius 1 is 0.550 bits per heavy atom. The van der Waals surface area contributed by atoms with E-state index in [-0.39, 0.29) is 113 Å². The minimum atomic E-state index is 0. The summed E-state index contributed by atoms with van der Waals surface area (Å²) in [5.41, 5.74) is 0. The second-order valence-corrected chi connectivity index (χ2v) is 1.87. The summed E-state index contributed by atoms with van der Waals surface area (Å²) in [6.45, 7) is 11.2. The third-order valence-corrected chi connectivity index (χ3v) is 0. The van der Waals surface area contributed by atoms with Gasteiger partial charge in [0.25, 0.3) is 0 Å². The van der Waals surface area contributed by atoms with Crippen molar-refractivity contribution in [3.63, 3.8) is 0 Å². The maximum Gasteiger partial charge on any atom is 1.00 e. The number of hydrogen-bond acceptors (Lipinski definition) is 6. The first-order valence-electron chi connectivity index (χ1n) is 6.11. The van der Waals surface area contributed by atoms with Gasteiger partial charge in [-0.05, 0) is 34.6 Å². The molecule has 0 saturated carbocycles. The van der Waals surface area contributed by atoms with Gasteiger partial charge in [0.1, 0.15) is 0 Å². The first kappa shape index (κ1) is 49.5. The predicted molar refractivity (Wildman–Crippen MR) is 74.3 cm³/mol. The Morgan fingerprint density at radius 3 is 0.550 bits per heavy atom. The quantitative estimate of drug-likeness (QED) is 0.221. The Balaban J connectivity index is -0.0000000141. The van der Waals surface area contributed by atoms with Gasteiger partial charge in [0.15, 0.2) is 0 Å². The van der Waals surface area contributed by atoms with Crippen LogP contribution in [-0.4, -0.2) is 65.2 Å². The molecule has 5 N–H and O–H groups in total. The number of rotatable bonds is 0. The van der Waals surface area contributed by atoms with Gasteiger partial charge in [-0.2, -0.15) is 0 Å². The van der Waals surface area contributed by atoms with Crippen LogP contribution in [0.2, 0.25) is 0 Å². The summed E-state index contributed by atoms with van der Waals surface area (Å²) in [4.78, 5) is 0. The molecule has 0 aromatic rings. The van der Waals surface area contributed by atoms with Gasteiger partial charge in [0, 0.05) is 55.4 Å². The Bertz CT molecular complexity index is 43.4. The monoisotopic (exact) mass is 495 g/mol. The van der Waals surface area contributed by atoms with Gasteiger partial charge in [-0.25, -0.2) is 0 Å². The Labute approximate surface area is 183 Å². The van der Waals surface area contributed by atoms with Crippen LogP contribution >= 0.6 is 0 Å². The predicted octanol–water partition coefficient (Wildman–Crippen LogP) is -3.64. The normalized spacial score (nSPS) is 5.40. The maximum atomic E-state index is 8.93. The van der Waals surface area contributed by atoms with Crippen LogP contribution in [0.1, 0.15) is 41.5 Å². The number of hydrogen-bond donors (Lipinski definition) is 5. The minimum absolute atomic E-state index is 0. The molecule has 1 radical (unpaired) electrons. The van der Waals surface area contributed by atoms with E-state index in [0.29, 0.717) is 0 Å². The zero-order valence-corrected chi connectivity index (χ0v) is 20.7. The van der Waals surface area contributed by atoms with Crippen LogP contribution in [0.3, 0.4) is 0 Å². The van der Waals surface area contributed by atoms with Gasteiger partial charge in [-0.3, -0.25) is 0 Å². The molecule has 0 heterocycles. The molecule has 0 amide bonds. The van der Waals surface area contributed by atoms with Crippen LogP contribution in [0.25, 0.3) is 0 Å². The molecule has 0 aromatic heterocycles. The summed E-state index contributed by atoms with van der Waals surface area (Å²) < 4.78 is 0. The smallest absolute Gasteiger partial charge is 0.855 e. The molecule has 0 aromatic carbocycles. The molecule has 0 aliphatic rings. The van der Waals surface area contributed by atoms with E-state index in [9.17, 15) is 0 Å². The molecule has 0 spiro atoms. The van der Waals surface area contributed by atoms with E-state index in [0.717, 1.165) is 0 Å². The molecule has 0 atom stereocenters. The van der Waals surface area contributed by atoms with Crippen molar-refractivity contribution in [2.24, 2.45) is 0 Å². The van der Waals surface area contributed by atoms with Gasteiger partial charge in [0.2, 0.25) is 0 Å². The second-order valence-electron chi connectivity index (χ2n) is 1.87. The standard InChI is InChI=1S/5C2H6O.C2H5O.K.Ta/c6*1-2-3;;/h5*3H,2H2,1H3;2H2,1H3;;/q;;;;;-1;+1;. The van der Waals surface area contributed by atoms with Gasteiger partial charge in [0.05, 0.1) is 0 Å². The largest absolute Gasteiger partial charge is 1.00 e. The number of aliphatic hydroxyl groups is 5. The van der Waals surface area contributed by atoms with Crippen LogP contribution < -0.4 is 56.5 Å². The molecule has 125 valence electrons. The minimum Gasteiger partial charge on any atom is -0.855 e. The van der Waals surface area contributed by atoms with Crippen molar-refractivity contribution < 1.29 is 104 Å². The summed E-state index contributed by atoms with van der Waals surface area (Å²) in [5.74, 6) is 0. The van der Waals surface area contributed by atoms with Crippen molar-refractivity contribution in [2.75, 3.05) is 39.6 Å². The average Bonchev–Trinajstić information content (AvgIpc) is 2.23. The summed E-state index contributed by atoms with van der Waals surface area (Å²) >= 11 is 0. The molecule has 8 heteroatoms. The SMILES string of the molecule is CCO.CCO.CCO.CCO.CCO.CC[O-].[K+].[Ta]. The fourth-order valence-electron chi connectivity index (χ4n) is 0. The van der Waals surface area contributed by atoms with Gasteiger partial charge in [-0.1, -0.05) is 6.92 Å². The zero-order valence-electron chi connectivity index (χ0n) is 14.3. The molecular formula is C12H35KO6Ta. The van der Waals surface area contributed by atoms with E-state index in [1.807, 2.05) is 0 Å². The first-order chi connectivity index (χ1) is 8.49. The van der Waals surface area contributed by atoms with Gasteiger partial charge in [-0.15, -0.1) is 6.61 Å². The maximum absolute atomic E-state index is 8.93. The average molecular weight is 495 g/mol. The topological polar surface area (TPSA) is 124 Å². The van der Waals surface area contributed by atoms with E-state index in [2.05, 4.69) is 0 Å². The number of aliphatic hydroxyl groups excluding tert-OH is 5. The van der Waals surface area contributed by atoms with Crippen LogP contribution in [0.4, 0.5) is 0 Å². The van der Waals surface area contributed by atoms with Crippen molar-refractivity contribution in [1.82, 2.24) is 0 Å². The summed E-state index contributed by atoms with van der Waals surface area (Å²) in [7, 11) is 0. The fraction of sp³-hybridized carbons (Fsp3) is 1.00. The molecule has 0 fully saturated rings. The van der Waals surface area contributed by atoms with Crippen molar-refractivity contribution in [3.05, 3.63) is 0 Å². The van der Waals surface area contributed by atoms with Gasteiger partial charge >= 0.3 is 51.4 Å². The molecule has 0 unspecified atom stereocenters. The Hall–Kier alpha value is 2.14. The second kappa shape index (κ2) is 129. The molecule has 20 heavy (non-hydrogen) atoms. The van der Waals surface area contributed by atoms with E-state index in [4.69, 9.17) is 30.6 Å². The molecule has 0 aliphatic heterocycles. The summed E-state index contributed by atoms with van der Waals surface area (Å²) in [5, 5.41) is 46.8. The van der Waals surface area contributed by atoms with Crippen LogP contribution in [0.15, 0.2) is 0 Å². The summed E-state index contributed by atoms with van der Waals surface area (Å²) in [6, 6.07) is 0. The third kappa shape index (κ3) is 1620. The van der Waals surface area contributed by atoms with Crippen LogP contribution in [-0.2, 0) is 22.4 Å². The van der Waals surface area contributed by atoms with Crippen molar-refractivity contribution >= 4 is 0 Å². The zero-order chi connectivity index (χ0) is 16.2. The Kier molecular flexibility index (Phi) is 320. The van der Waals surface area contributed by atoms with Gasteiger partial charge < -0.3 is 30.6 Å². The van der Waals surface area contributed by atoms with Crippen molar-refractivity contribution in [2.45, 2.75) is 41.5 Å². The molecule has 0 saturated heterocycles. The molecule has 0 aliphatic carbocycles. The first-order valence-corrected chi connectivity index (χ1v) is 6.11. The van der Waals surface area contributed by atoms with Crippen molar-refractivity contribution in [1.29, 1.82) is 0 Å². The fourth-order valence-corrected chi connectivity index (χ4v) is 0. The molecule has 6 nitrogen and oxygen atoms in total. The van der Waals surface area contributed by atoms with E-state index in [1.165, 1.54) is 0 Å². The van der Waals surface area contributed by atoms with Crippen molar-refractivity contribution in [3.8, 4) is 0 Å².